The molecule has 3 nitrogen and oxygen atoms in total. The van der Waals surface area contributed by atoms with E-state index in [1.807, 2.05) is 27.7 Å². The van der Waals surface area contributed by atoms with E-state index < -0.39 is 0 Å². The molecule has 0 aliphatic heterocycles. The summed E-state index contributed by atoms with van der Waals surface area (Å²) in [4.78, 5) is 12.2. The molecule has 106 valence electrons. The molecule has 19 heavy (non-hydrogen) atoms. The van der Waals surface area contributed by atoms with E-state index in [9.17, 15) is 4.79 Å². The molecule has 0 heterocycles. The Balaban J connectivity index is 3.17. The maximum absolute atomic E-state index is 12.2. The lowest BCUT2D eigenvalue weighted by Crippen LogP contribution is -2.30. The lowest BCUT2D eigenvalue weighted by molar-refractivity contribution is 0.0954. The van der Waals surface area contributed by atoms with Crippen molar-refractivity contribution in [1.29, 1.82) is 0 Å². The monoisotopic (exact) mass is 302 g/mol. The highest BCUT2D eigenvalue weighted by Crippen LogP contribution is 2.32. The molecule has 5 heteroatoms. The molecule has 0 aliphatic carbocycles. The van der Waals surface area contributed by atoms with Crippen LogP contribution in [0, 0.1) is 0 Å². The van der Waals surface area contributed by atoms with Crippen molar-refractivity contribution in [2.45, 2.75) is 39.7 Å². The molecule has 2 N–H and O–H groups in total. The molecule has 0 spiro atoms. The third-order valence-electron chi connectivity index (χ3n) is 2.37. The highest BCUT2D eigenvalue weighted by atomic mass is 35.5. The number of nitrogens with one attached hydrogen (secondary N) is 2. The van der Waals surface area contributed by atoms with Gasteiger partial charge in [-0.25, -0.2) is 0 Å². The van der Waals surface area contributed by atoms with Gasteiger partial charge in [-0.05, 0) is 39.3 Å². The Morgan fingerprint density at radius 1 is 1.26 bits per heavy atom. The zero-order chi connectivity index (χ0) is 14.6. The minimum absolute atomic E-state index is 0.170. The number of halogens is 2. The summed E-state index contributed by atoms with van der Waals surface area (Å²) in [5, 5.41) is 6.75. The van der Waals surface area contributed by atoms with Gasteiger partial charge in [0.2, 0.25) is 0 Å². The van der Waals surface area contributed by atoms with Gasteiger partial charge in [0.25, 0.3) is 5.91 Å². The fraction of sp³-hybridized carbons (Fsp3) is 0.500. The lowest BCUT2D eigenvalue weighted by Gasteiger charge is -2.24. The second kappa shape index (κ2) is 6.49. The topological polar surface area (TPSA) is 41.1 Å². The Hall–Kier alpha value is -0.930. The number of carbonyl (C=O) groups excluding carboxylic acids is 1. The highest BCUT2D eigenvalue weighted by molar-refractivity contribution is 6.44. The molecule has 0 radical (unpaired) electrons. The first-order valence-corrected chi connectivity index (χ1v) is 7.06. The first kappa shape index (κ1) is 16.1. The molecule has 0 atom stereocenters. The summed E-state index contributed by atoms with van der Waals surface area (Å²) in [6.45, 7) is 8.65. The van der Waals surface area contributed by atoms with Crippen LogP contribution in [0.2, 0.25) is 10.0 Å². The minimum Gasteiger partial charge on any atom is -0.380 e. The lowest BCUT2D eigenvalue weighted by atomic mass is 10.1. The molecular formula is C14H20Cl2N2O. The Labute approximate surface area is 124 Å². The Bertz CT molecular complexity index is 467. The molecule has 0 saturated carbocycles. The van der Waals surface area contributed by atoms with Gasteiger partial charge >= 0.3 is 0 Å². The smallest absolute Gasteiger partial charge is 0.254 e. The van der Waals surface area contributed by atoms with Gasteiger partial charge in [-0.3, -0.25) is 4.79 Å². The average Bonchev–Trinajstić information content (AvgIpc) is 2.29. The zero-order valence-electron chi connectivity index (χ0n) is 11.7. The Kier molecular flexibility index (Phi) is 5.50. The third-order valence-corrected chi connectivity index (χ3v) is 3.17. The number of amides is 1. The highest BCUT2D eigenvalue weighted by Gasteiger charge is 2.20. The molecule has 1 aromatic rings. The van der Waals surface area contributed by atoms with Gasteiger partial charge in [0.1, 0.15) is 0 Å². The van der Waals surface area contributed by atoms with Crippen LogP contribution >= 0.6 is 23.2 Å². The Morgan fingerprint density at radius 3 is 2.42 bits per heavy atom. The van der Waals surface area contributed by atoms with Gasteiger partial charge in [0.05, 0.1) is 15.6 Å². The molecule has 0 bridgehead atoms. The van der Waals surface area contributed by atoms with E-state index in [4.69, 9.17) is 23.2 Å². The SMILES string of the molecule is CCCNC(=O)c1c(NC(C)(C)C)ccc(Cl)c1Cl. The van der Waals surface area contributed by atoms with Gasteiger partial charge < -0.3 is 10.6 Å². The van der Waals surface area contributed by atoms with E-state index in [-0.39, 0.29) is 16.5 Å². The predicted octanol–water partition coefficient (Wildman–Crippen LogP) is 4.34. The van der Waals surface area contributed by atoms with Crippen LogP contribution in [0.25, 0.3) is 0 Å². The normalized spacial score (nSPS) is 11.3. The van der Waals surface area contributed by atoms with Crippen LogP contribution in [0.1, 0.15) is 44.5 Å². The van der Waals surface area contributed by atoms with E-state index in [1.165, 1.54) is 0 Å². The van der Waals surface area contributed by atoms with Crippen molar-refractivity contribution in [1.82, 2.24) is 5.32 Å². The second-order valence-electron chi connectivity index (χ2n) is 5.41. The largest absolute Gasteiger partial charge is 0.380 e. The van der Waals surface area contributed by atoms with Gasteiger partial charge in [0.15, 0.2) is 0 Å². The fourth-order valence-electron chi connectivity index (χ4n) is 1.61. The Morgan fingerprint density at radius 2 is 1.89 bits per heavy atom. The van der Waals surface area contributed by atoms with E-state index in [2.05, 4.69) is 10.6 Å². The maximum atomic E-state index is 12.2. The zero-order valence-corrected chi connectivity index (χ0v) is 13.2. The van der Waals surface area contributed by atoms with Crippen LogP contribution in [0.4, 0.5) is 5.69 Å². The van der Waals surface area contributed by atoms with Crippen LogP contribution in [0.3, 0.4) is 0 Å². The minimum atomic E-state index is -0.207. The fourth-order valence-corrected chi connectivity index (χ4v) is 2.02. The van der Waals surface area contributed by atoms with Crippen molar-refractivity contribution in [3.8, 4) is 0 Å². The maximum Gasteiger partial charge on any atom is 0.254 e. The standard InChI is InChI=1S/C14H20Cl2N2O/c1-5-8-17-13(19)11-10(18-14(2,3)4)7-6-9(15)12(11)16/h6-7,18H,5,8H2,1-4H3,(H,17,19). The van der Waals surface area contributed by atoms with Crippen molar-refractivity contribution < 1.29 is 4.79 Å². The van der Waals surface area contributed by atoms with Crippen molar-refractivity contribution in [2.75, 3.05) is 11.9 Å². The van der Waals surface area contributed by atoms with Crippen LogP contribution in [0.5, 0.6) is 0 Å². The number of benzene rings is 1. The number of hydrogen-bond acceptors (Lipinski definition) is 2. The average molecular weight is 303 g/mol. The first-order chi connectivity index (χ1) is 8.76. The molecule has 0 aliphatic rings. The van der Waals surface area contributed by atoms with Crippen molar-refractivity contribution in [3.05, 3.63) is 27.7 Å². The predicted molar refractivity (Wildman–Crippen MR) is 82.5 cm³/mol. The van der Waals surface area contributed by atoms with E-state index in [0.717, 1.165) is 6.42 Å². The number of anilines is 1. The van der Waals surface area contributed by atoms with Gasteiger partial charge in [-0.2, -0.15) is 0 Å². The third kappa shape index (κ3) is 4.59. The molecule has 1 amide bonds. The van der Waals surface area contributed by atoms with E-state index in [1.54, 1.807) is 12.1 Å². The number of carbonyl (C=O) groups is 1. The van der Waals surface area contributed by atoms with Crippen LogP contribution in [-0.4, -0.2) is 18.0 Å². The summed E-state index contributed by atoms with van der Waals surface area (Å²) < 4.78 is 0. The summed E-state index contributed by atoms with van der Waals surface area (Å²) in [7, 11) is 0. The summed E-state index contributed by atoms with van der Waals surface area (Å²) in [5.74, 6) is -0.207. The summed E-state index contributed by atoms with van der Waals surface area (Å²) in [6.07, 6.45) is 0.867. The molecule has 0 unspecified atom stereocenters. The van der Waals surface area contributed by atoms with Crippen molar-refractivity contribution >= 4 is 34.8 Å². The molecule has 0 aromatic heterocycles. The molecular weight excluding hydrogens is 283 g/mol. The first-order valence-electron chi connectivity index (χ1n) is 6.30. The van der Waals surface area contributed by atoms with Crippen LogP contribution < -0.4 is 10.6 Å². The molecule has 1 aromatic carbocycles. The second-order valence-corrected chi connectivity index (χ2v) is 6.20. The van der Waals surface area contributed by atoms with Crippen LogP contribution in [-0.2, 0) is 0 Å². The van der Waals surface area contributed by atoms with Gasteiger partial charge in [-0.15, -0.1) is 0 Å². The number of hydrogen-bond donors (Lipinski definition) is 2. The molecule has 0 fully saturated rings. The van der Waals surface area contributed by atoms with Crippen molar-refractivity contribution in [2.24, 2.45) is 0 Å². The quantitative estimate of drug-likeness (QED) is 0.868. The molecule has 0 saturated heterocycles. The van der Waals surface area contributed by atoms with Crippen LogP contribution in [0.15, 0.2) is 12.1 Å². The molecule has 1 rings (SSSR count). The summed E-state index contributed by atoms with van der Waals surface area (Å²) in [6, 6.07) is 3.47. The van der Waals surface area contributed by atoms with Gasteiger partial charge in [-0.1, -0.05) is 30.1 Å². The van der Waals surface area contributed by atoms with E-state index in [0.29, 0.717) is 22.8 Å². The van der Waals surface area contributed by atoms with Gasteiger partial charge in [0, 0.05) is 17.8 Å². The summed E-state index contributed by atoms with van der Waals surface area (Å²) >= 11 is 12.2. The van der Waals surface area contributed by atoms with E-state index >= 15 is 0 Å². The number of rotatable bonds is 4. The van der Waals surface area contributed by atoms with Crippen molar-refractivity contribution in [3.63, 3.8) is 0 Å². The summed E-state index contributed by atoms with van der Waals surface area (Å²) in [5.41, 5.74) is 0.921.